The summed E-state index contributed by atoms with van der Waals surface area (Å²) >= 11 is 0. The fourth-order valence-electron chi connectivity index (χ4n) is 5.24. The Morgan fingerprint density at radius 1 is 0.907 bits per heavy atom. The van der Waals surface area contributed by atoms with Crippen LogP contribution in [0.25, 0.3) is 0 Å². The van der Waals surface area contributed by atoms with Gasteiger partial charge >= 0.3 is 5.97 Å². The minimum absolute atomic E-state index is 0.0137. The van der Waals surface area contributed by atoms with Crippen LogP contribution in [-0.4, -0.2) is 52.3 Å². The standard InChI is InChI=1S/C33H25NO9/c35-17-28(39)18-3-5-19(6-4-18)32(40)34-13-1-2-27(38)20-7-10-23(33(41)42)26(14-20)31-24-11-8-21(36)15-29(24)43-30-16-22(37)9-12-25(30)31/h3-12,14-17,24,31,37H,1-2,13H2,(H,34,40)(H,41,42). The van der Waals surface area contributed by atoms with Gasteiger partial charge in [-0.2, -0.15) is 0 Å². The molecule has 0 radical (unpaired) electrons. The monoisotopic (exact) mass is 579 g/mol. The van der Waals surface area contributed by atoms with Crippen LogP contribution in [-0.2, 0) is 9.59 Å². The van der Waals surface area contributed by atoms with Crippen LogP contribution in [0.1, 0.15) is 71.3 Å². The first-order valence-electron chi connectivity index (χ1n) is 13.4. The summed E-state index contributed by atoms with van der Waals surface area (Å²) in [6.07, 6.45) is 4.94. The third-order valence-corrected chi connectivity index (χ3v) is 7.34. The molecule has 1 aliphatic carbocycles. The molecule has 1 amide bonds. The van der Waals surface area contributed by atoms with Crippen molar-refractivity contribution < 1.29 is 43.7 Å². The van der Waals surface area contributed by atoms with Gasteiger partial charge in [0.15, 0.2) is 17.9 Å². The van der Waals surface area contributed by atoms with Crippen LogP contribution in [0.15, 0.2) is 84.7 Å². The maximum absolute atomic E-state index is 13.2. The molecule has 2 atom stereocenters. The van der Waals surface area contributed by atoms with Gasteiger partial charge in [0.1, 0.15) is 17.3 Å². The summed E-state index contributed by atoms with van der Waals surface area (Å²) < 4.78 is 5.91. The number of phenols is 1. The molecule has 2 aliphatic rings. The van der Waals surface area contributed by atoms with E-state index in [1.807, 2.05) is 0 Å². The number of carboxylic acid groups (broad SMARTS) is 1. The first kappa shape index (κ1) is 28.9. The number of allylic oxidation sites excluding steroid dienone is 3. The average Bonchev–Trinajstić information content (AvgIpc) is 3.00. The fourth-order valence-corrected chi connectivity index (χ4v) is 5.24. The number of carbonyl (C=O) groups excluding carboxylic acids is 5. The van der Waals surface area contributed by atoms with E-state index < -0.39 is 29.5 Å². The number of aromatic hydroxyl groups is 1. The minimum Gasteiger partial charge on any atom is -0.508 e. The third-order valence-electron chi connectivity index (χ3n) is 7.34. The van der Waals surface area contributed by atoms with Gasteiger partial charge in [0.2, 0.25) is 5.78 Å². The van der Waals surface area contributed by atoms with E-state index in [1.165, 1.54) is 60.7 Å². The number of hydrogen-bond donors (Lipinski definition) is 3. The van der Waals surface area contributed by atoms with Crippen molar-refractivity contribution in [1.29, 1.82) is 0 Å². The smallest absolute Gasteiger partial charge is 0.335 e. The van der Waals surface area contributed by atoms with Crippen molar-refractivity contribution in [2.45, 2.75) is 18.8 Å². The summed E-state index contributed by atoms with van der Waals surface area (Å²) in [7, 11) is 0. The molecule has 3 aromatic carbocycles. The van der Waals surface area contributed by atoms with Crippen molar-refractivity contribution in [1.82, 2.24) is 5.32 Å². The van der Waals surface area contributed by atoms with E-state index in [2.05, 4.69) is 5.32 Å². The Hall–Kier alpha value is -5.64. The number of amides is 1. The molecule has 0 fully saturated rings. The second-order valence-electron chi connectivity index (χ2n) is 10.1. The predicted molar refractivity (Wildman–Crippen MR) is 152 cm³/mol. The maximum Gasteiger partial charge on any atom is 0.335 e. The zero-order valence-electron chi connectivity index (χ0n) is 22.6. The van der Waals surface area contributed by atoms with Gasteiger partial charge in [-0.1, -0.05) is 30.3 Å². The van der Waals surface area contributed by atoms with E-state index in [9.17, 15) is 39.0 Å². The first-order valence-corrected chi connectivity index (χ1v) is 13.4. The highest BCUT2D eigenvalue weighted by molar-refractivity contribution is 6.33. The topological polar surface area (TPSA) is 164 Å². The molecule has 0 aromatic heterocycles. The maximum atomic E-state index is 13.2. The van der Waals surface area contributed by atoms with Gasteiger partial charge in [-0.05, 0) is 48.4 Å². The molecule has 0 saturated heterocycles. The normalized spacial score (nSPS) is 16.7. The molecule has 10 heteroatoms. The van der Waals surface area contributed by atoms with Crippen LogP contribution >= 0.6 is 0 Å². The Balaban J connectivity index is 1.34. The summed E-state index contributed by atoms with van der Waals surface area (Å²) in [6, 6.07) is 14.5. The van der Waals surface area contributed by atoms with Crippen molar-refractivity contribution in [3.8, 4) is 11.5 Å². The van der Waals surface area contributed by atoms with Crippen molar-refractivity contribution >= 4 is 35.5 Å². The van der Waals surface area contributed by atoms with Crippen LogP contribution < -0.4 is 10.1 Å². The number of carbonyl (C=O) groups is 6. The van der Waals surface area contributed by atoms with Crippen molar-refractivity contribution in [3.63, 3.8) is 0 Å². The molecule has 0 bridgehead atoms. The summed E-state index contributed by atoms with van der Waals surface area (Å²) in [5.41, 5.74) is 1.69. The molecule has 1 heterocycles. The molecular formula is C33H25NO9. The molecule has 10 nitrogen and oxygen atoms in total. The SMILES string of the molecule is O=CC(=O)c1ccc(C(=O)NCCCC(=O)c2ccc(C(=O)O)c(C3c4ccc(O)cc4OC4=CC(=O)C=CC43)c2)cc1. The first-order chi connectivity index (χ1) is 20.7. The highest BCUT2D eigenvalue weighted by atomic mass is 16.5. The van der Waals surface area contributed by atoms with E-state index in [0.717, 1.165) is 0 Å². The van der Waals surface area contributed by atoms with Gasteiger partial charge in [0.25, 0.3) is 5.91 Å². The molecule has 2 unspecified atom stereocenters. The van der Waals surface area contributed by atoms with Crippen LogP contribution in [0.5, 0.6) is 11.5 Å². The highest BCUT2D eigenvalue weighted by Gasteiger charge is 2.38. The highest BCUT2D eigenvalue weighted by Crippen LogP contribution is 2.49. The number of ketones is 3. The quantitative estimate of drug-likeness (QED) is 0.139. The zero-order valence-corrected chi connectivity index (χ0v) is 22.6. The molecule has 43 heavy (non-hydrogen) atoms. The van der Waals surface area contributed by atoms with Crippen LogP contribution in [0.2, 0.25) is 0 Å². The number of aldehydes is 1. The molecule has 5 rings (SSSR count). The lowest BCUT2D eigenvalue weighted by molar-refractivity contribution is -0.110. The molecule has 3 aromatic rings. The summed E-state index contributed by atoms with van der Waals surface area (Å²) in [5, 5.41) is 22.7. The van der Waals surface area contributed by atoms with Gasteiger partial charge in [-0.25, -0.2) is 4.79 Å². The molecule has 1 aliphatic heterocycles. The van der Waals surface area contributed by atoms with Crippen LogP contribution in [0.3, 0.4) is 0 Å². The van der Waals surface area contributed by atoms with Gasteiger partial charge in [0.05, 0.1) is 5.56 Å². The van der Waals surface area contributed by atoms with E-state index in [0.29, 0.717) is 28.9 Å². The Morgan fingerprint density at radius 2 is 1.63 bits per heavy atom. The van der Waals surface area contributed by atoms with E-state index in [-0.39, 0.29) is 59.0 Å². The molecular weight excluding hydrogens is 554 g/mol. The molecule has 0 saturated carbocycles. The number of Topliss-reactive ketones (excluding diaryl/α,β-unsaturated/α-hetero) is 2. The van der Waals surface area contributed by atoms with Gasteiger partial charge < -0.3 is 20.3 Å². The number of fused-ring (bicyclic) bond motifs is 2. The number of carboxylic acids is 1. The lowest BCUT2D eigenvalue weighted by atomic mass is 9.74. The molecule has 216 valence electrons. The Kier molecular flexibility index (Phi) is 8.11. The number of phenolic OH excluding ortho intramolecular Hbond substituents is 1. The van der Waals surface area contributed by atoms with Crippen LogP contribution in [0.4, 0.5) is 0 Å². The lowest BCUT2D eigenvalue weighted by Crippen LogP contribution is -2.28. The fraction of sp³-hybridized carbons (Fsp3) is 0.152. The number of hydrogen-bond acceptors (Lipinski definition) is 8. The molecule has 3 N–H and O–H groups in total. The zero-order chi connectivity index (χ0) is 30.7. The Bertz CT molecular complexity index is 1730. The third kappa shape index (κ3) is 6.03. The van der Waals surface area contributed by atoms with Crippen molar-refractivity contribution in [3.05, 3.63) is 118 Å². The van der Waals surface area contributed by atoms with Crippen molar-refractivity contribution in [2.24, 2.45) is 5.92 Å². The largest absolute Gasteiger partial charge is 0.508 e. The minimum atomic E-state index is -1.19. The van der Waals surface area contributed by atoms with Gasteiger partial charge in [-0.3, -0.25) is 24.0 Å². The number of nitrogens with one attached hydrogen (secondary N) is 1. The van der Waals surface area contributed by atoms with Gasteiger partial charge in [0, 0.05) is 59.2 Å². The Labute approximate surface area is 245 Å². The number of rotatable bonds is 10. The van der Waals surface area contributed by atoms with Gasteiger partial charge in [-0.15, -0.1) is 0 Å². The number of aromatic carboxylic acids is 1. The summed E-state index contributed by atoms with van der Waals surface area (Å²) in [6.45, 7) is 0.186. The van der Waals surface area contributed by atoms with E-state index in [4.69, 9.17) is 4.74 Å². The second-order valence-corrected chi connectivity index (χ2v) is 10.1. The summed E-state index contributed by atoms with van der Waals surface area (Å²) in [4.78, 5) is 72.0. The number of benzene rings is 3. The number of ether oxygens (including phenoxy) is 1. The molecule has 0 spiro atoms. The summed E-state index contributed by atoms with van der Waals surface area (Å²) in [5.74, 6) is -3.42. The van der Waals surface area contributed by atoms with Crippen LogP contribution in [0, 0.1) is 5.92 Å². The predicted octanol–water partition coefficient (Wildman–Crippen LogP) is 4.03. The van der Waals surface area contributed by atoms with Crippen molar-refractivity contribution in [2.75, 3.05) is 6.54 Å². The lowest BCUT2D eigenvalue weighted by Gasteiger charge is -2.36. The second kappa shape index (κ2) is 12.1. The van der Waals surface area contributed by atoms with E-state index in [1.54, 1.807) is 18.2 Å². The average molecular weight is 580 g/mol. The Morgan fingerprint density at radius 3 is 2.35 bits per heavy atom. The van der Waals surface area contributed by atoms with E-state index >= 15 is 0 Å².